The first-order valence-electron chi connectivity index (χ1n) is 10.6. The number of carbonyl (C=O) groups is 1. The van der Waals surface area contributed by atoms with E-state index in [0.29, 0.717) is 32.7 Å². The highest BCUT2D eigenvalue weighted by Gasteiger charge is 2.30. The topological polar surface area (TPSA) is 81.8 Å². The Kier molecular flexibility index (Phi) is 5.50. The molecule has 0 spiro atoms. The van der Waals surface area contributed by atoms with Gasteiger partial charge >= 0.3 is 0 Å². The predicted octanol–water partition coefficient (Wildman–Crippen LogP) is 4.84. The summed E-state index contributed by atoms with van der Waals surface area (Å²) in [5.74, 6) is 0.435. The van der Waals surface area contributed by atoms with Crippen LogP contribution in [0.2, 0.25) is 5.02 Å². The number of anilines is 1. The molecule has 2 aromatic heterocycles. The highest BCUT2D eigenvalue weighted by Crippen LogP contribution is 2.34. The van der Waals surface area contributed by atoms with Crippen molar-refractivity contribution in [1.82, 2.24) is 19.3 Å². The molecule has 3 heterocycles. The Bertz CT molecular complexity index is 1480. The van der Waals surface area contributed by atoms with Crippen LogP contribution < -0.4 is 10.9 Å². The zero-order valence-corrected chi connectivity index (χ0v) is 20.0. The largest absolute Gasteiger partial charge is 0.326 e. The van der Waals surface area contributed by atoms with Crippen molar-refractivity contribution in [3.8, 4) is 5.69 Å². The van der Waals surface area contributed by atoms with Gasteiger partial charge in [-0.2, -0.15) is 5.10 Å². The molecule has 0 fully saturated rings. The van der Waals surface area contributed by atoms with Crippen LogP contribution >= 0.6 is 23.4 Å². The first-order valence-corrected chi connectivity index (χ1v) is 11.9. The van der Waals surface area contributed by atoms with E-state index in [1.165, 1.54) is 11.8 Å². The van der Waals surface area contributed by atoms with Gasteiger partial charge < -0.3 is 5.32 Å². The van der Waals surface area contributed by atoms with Crippen LogP contribution in [0.5, 0.6) is 0 Å². The van der Waals surface area contributed by atoms with E-state index < -0.39 is 0 Å². The molecule has 1 N–H and O–H groups in total. The number of nitrogens with zero attached hydrogens (tertiary/aromatic N) is 4. The SMILES string of the molecule is Cc1ccc(-n2ncc3c(=O)n4c(nc32)SCC4CC(=O)Nc2cc(Cl)ccc2C)c(C)c1. The summed E-state index contributed by atoms with van der Waals surface area (Å²) in [6.45, 7) is 5.96. The number of hydrogen-bond donors (Lipinski definition) is 1. The fraction of sp³-hybridized carbons (Fsp3) is 0.250. The number of amides is 1. The number of aromatic nitrogens is 4. The molecule has 33 heavy (non-hydrogen) atoms. The van der Waals surface area contributed by atoms with Crippen molar-refractivity contribution in [2.24, 2.45) is 0 Å². The van der Waals surface area contributed by atoms with Crippen LogP contribution in [0.3, 0.4) is 0 Å². The Morgan fingerprint density at radius 2 is 2.00 bits per heavy atom. The van der Waals surface area contributed by atoms with E-state index in [2.05, 4.69) is 16.5 Å². The van der Waals surface area contributed by atoms with E-state index in [1.54, 1.807) is 27.6 Å². The molecule has 168 valence electrons. The van der Waals surface area contributed by atoms with Gasteiger partial charge in [-0.15, -0.1) is 0 Å². The molecule has 5 rings (SSSR count). The van der Waals surface area contributed by atoms with Crippen LogP contribution in [0.1, 0.15) is 29.2 Å². The van der Waals surface area contributed by atoms with Gasteiger partial charge in [-0.3, -0.25) is 14.2 Å². The summed E-state index contributed by atoms with van der Waals surface area (Å²) in [4.78, 5) is 30.9. The van der Waals surface area contributed by atoms with E-state index >= 15 is 0 Å². The maximum Gasteiger partial charge on any atom is 0.265 e. The summed E-state index contributed by atoms with van der Waals surface area (Å²) in [6.07, 6.45) is 1.73. The van der Waals surface area contributed by atoms with Gasteiger partial charge in [0.1, 0.15) is 5.39 Å². The van der Waals surface area contributed by atoms with E-state index in [1.807, 2.05) is 39.0 Å². The zero-order valence-electron chi connectivity index (χ0n) is 18.4. The predicted molar refractivity (Wildman–Crippen MR) is 132 cm³/mol. The number of aryl methyl sites for hydroxylation is 3. The van der Waals surface area contributed by atoms with Crippen molar-refractivity contribution in [2.45, 2.75) is 38.4 Å². The third kappa shape index (κ3) is 3.94. The first-order chi connectivity index (χ1) is 15.8. The lowest BCUT2D eigenvalue weighted by Gasteiger charge is -2.14. The Balaban J connectivity index is 1.46. The smallest absolute Gasteiger partial charge is 0.265 e. The summed E-state index contributed by atoms with van der Waals surface area (Å²) in [6, 6.07) is 11.2. The summed E-state index contributed by atoms with van der Waals surface area (Å²) in [5.41, 5.74) is 5.07. The molecule has 0 aliphatic carbocycles. The number of carbonyl (C=O) groups excluding carboxylic acids is 1. The third-order valence-corrected chi connectivity index (χ3v) is 7.18. The van der Waals surface area contributed by atoms with Crippen LogP contribution in [0.4, 0.5) is 5.69 Å². The molecule has 7 nitrogen and oxygen atoms in total. The van der Waals surface area contributed by atoms with Crippen molar-refractivity contribution in [3.63, 3.8) is 0 Å². The lowest BCUT2D eigenvalue weighted by Crippen LogP contribution is -2.27. The Morgan fingerprint density at radius 1 is 1.18 bits per heavy atom. The van der Waals surface area contributed by atoms with E-state index in [4.69, 9.17) is 16.6 Å². The minimum Gasteiger partial charge on any atom is -0.326 e. The summed E-state index contributed by atoms with van der Waals surface area (Å²) < 4.78 is 3.35. The van der Waals surface area contributed by atoms with Crippen molar-refractivity contribution < 1.29 is 4.79 Å². The van der Waals surface area contributed by atoms with Gasteiger partial charge in [-0.1, -0.05) is 47.1 Å². The van der Waals surface area contributed by atoms with E-state index in [0.717, 1.165) is 22.4 Å². The maximum absolute atomic E-state index is 13.4. The highest BCUT2D eigenvalue weighted by atomic mass is 35.5. The van der Waals surface area contributed by atoms with Gasteiger partial charge in [0.2, 0.25) is 5.91 Å². The monoisotopic (exact) mass is 479 g/mol. The van der Waals surface area contributed by atoms with Gasteiger partial charge in [-0.05, 0) is 50.1 Å². The molecule has 2 aromatic carbocycles. The lowest BCUT2D eigenvalue weighted by molar-refractivity contribution is -0.116. The van der Waals surface area contributed by atoms with Crippen molar-refractivity contribution in [2.75, 3.05) is 11.1 Å². The zero-order chi connectivity index (χ0) is 23.3. The van der Waals surface area contributed by atoms with Crippen LogP contribution in [-0.4, -0.2) is 31.0 Å². The number of fused-ring (bicyclic) bond motifs is 2. The number of hydrogen-bond acceptors (Lipinski definition) is 5. The van der Waals surface area contributed by atoms with Gasteiger partial charge in [0.05, 0.1) is 17.9 Å². The minimum absolute atomic E-state index is 0.170. The van der Waals surface area contributed by atoms with Crippen LogP contribution in [0.25, 0.3) is 16.7 Å². The van der Waals surface area contributed by atoms with E-state index in [-0.39, 0.29) is 23.9 Å². The van der Waals surface area contributed by atoms with Crippen molar-refractivity contribution in [3.05, 3.63) is 74.7 Å². The first kappa shape index (κ1) is 21.7. The maximum atomic E-state index is 13.4. The molecule has 0 radical (unpaired) electrons. The number of benzene rings is 2. The van der Waals surface area contributed by atoms with E-state index in [9.17, 15) is 9.59 Å². The molecule has 1 atom stereocenters. The number of thioether (sulfide) groups is 1. The second-order valence-electron chi connectivity index (χ2n) is 8.33. The fourth-order valence-electron chi connectivity index (χ4n) is 4.14. The Hall–Kier alpha value is -3.10. The average molecular weight is 480 g/mol. The lowest BCUT2D eigenvalue weighted by atomic mass is 10.1. The van der Waals surface area contributed by atoms with Crippen LogP contribution in [0.15, 0.2) is 52.5 Å². The molecule has 1 aliphatic heterocycles. The standard InChI is InChI=1S/C24H22ClN5O2S/c1-13-4-7-20(15(3)8-13)30-22-18(11-26-30)23(32)29-17(12-33-24(29)28-22)10-21(31)27-19-9-16(25)6-5-14(19)2/h4-9,11,17H,10,12H2,1-3H3,(H,27,31). The molecule has 0 saturated heterocycles. The summed E-state index contributed by atoms with van der Waals surface area (Å²) in [7, 11) is 0. The minimum atomic E-state index is -0.279. The number of rotatable bonds is 4. The Labute approximate surface area is 199 Å². The molecular formula is C24H22ClN5O2S. The number of halogens is 1. The molecule has 0 bridgehead atoms. The molecule has 4 aromatic rings. The van der Waals surface area contributed by atoms with Gasteiger partial charge in [0, 0.05) is 22.9 Å². The quantitative estimate of drug-likeness (QED) is 0.424. The van der Waals surface area contributed by atoms with Crippen LogP contribution in [0, 0.1) is 20.8 Å². The molecule has 1 amide bonds. The Morgan fingerprint density at radius 3 is 2.79 bits per heavy atom. The average Bonchev–Trinajstić information content (AvgIpc) is 3.36. The number of nitrogens with one attached hydrogen (secondary N) is 1. The summed E-state index contributed by atoms with van der Waals surface area (Å²) in [5, 5.41) is 8.98. The second-order valence-corrected chi connectivity index (χ2v) is 9.75. The fourth-order valence-corrected chi connectivity index (χ4v) is 5.45. The van der Waals surface area contributed by atoms with Gasteiger partial charge in [0.15, 0.2) is 10.8 Å². The molecule has 0 saturated carbocycles. The second kappa shape index (κ2) is 8.35. The van der Waals surface area contributed by atoms with Gasteiger partial charge in [0.25, 0.3) is 5.56 Å². The highest BCUT2D eigenvalue weighted by molar-refractivity contribution is 7.99. The molecule has 9 heteroatoms. The van der Waals surface area contributed by atoms with Crippen LogP contribution in [-0.2, 0) is 4.79 Å². The van der Waals surface area contributed by atoms with Crippen molar-refractivity contribution >= 4 is 46.0 Å². The molecular weight excluding hydrogens is 458 g/mol. The van der Waals surface area contributed by atoms with Crippen molar-refractivity contribution in [1.29, 1.82) is 0 Å². The normalized spacial score (nSPS) is 15.1. The third-order valence-electron chi connectivity index (χ3n) is 5.85. The van der Waals surface area contributed by atoms with Gasteiger partial charge in [-0.25, -0.2) is 9.67 Å². The molecule has 1 unspecified atom stereocenters. The summed E-state index contributed by atoms with van der Waals surface area (Å²) >= 11 is 7.54. The molecule has 1 aliphatic rings.